The maximum atomic E-state index is 13.6. The second-order valence-corrected chi connectivity index (χ2v) is 7.86. The fourth-order valence-corrected chi connectivity index (χ4v) is 3.97. The van der Waals surface area contributed by atoms with Gasteiger partial charge in [-0.25, -0.2) is 4.98 Å². The molecule has 0 radical (unpaired) electrons. The molecule has 0 spiro atoms. The van der Waals surface area contributed by atoms with Crippen molar-refractivity contribution in [2.45, 2.75) is 32.9 Å². The standard InChI is InChI=1S/C27H27N3O3/c1-4-25(31)29(18-20-10-6-5-7-11-20)19(2)26-28-24-13-9-8-12-23(24)27(32)30(26)21-14-16-22(33-3)17-15-21/h5-17,19H,4,18H2,1-3H3. The first-order valence-corrected chi connectivity index (χ1v) is 11.0. The molecule has 0 fully saturated rings. The molecule has 33 heavy (non-hydrogen) atoms. The molecule has 0 bridgehead atoms. The van der Waals surface area contributed by atoms with Crippen molar-refractivity contribution in [1.29, 1.82) is 0 Å². The number of ether oxygens (including phenoxy) is 1. The van der Waals surface area contributed by atoms with Gasteiger partial charge in [0, 0.05) is 13.0 Å². The number of hydrogen-bond donors (Lipinski definition) is 0. The van der Waals surface area contributed by atoms with Crippen molar-refractivity contribution in [1.82, 2.24) is 14.5 Å². The maximum Gasteiger partial charge on any atom is 0.266 e. The predicted octanol–water partition coefficient (Wildman–Crippen LogP) is 4.89. The minimum absolute atomic E-state index is 0.00459. The molecule has 0 aliphatic carbocycles. The van der Waals surface area contributed by atoms with E-state index < -0.39 is 6.04 Å². The zero-order chi connectivity index (χ0) is 23.4. The molecule has 1 heterocycles. The van der Waals surface area contributed by atoms with Crippen molar-refractivity contribution >= 4 is 16.8 Å². The number of amides is 1. The molecule has 0 aliphatic rings. The van der Waals surface area contributed by atoms with Gasteiger partial charge < -0.3 is 9.64 Å². The van der Waals surface area contributed by atoms with Crippen LogP contribution < -0.4 is 10.3 Å². The number of hydrogen-bond acceptors (Lipinski definition) is 4. The van der Waals surface area contributed by atoms with Crippen molar-refractivity contribution in [2.24, 2.45) is 0 Å². The number of fused-ring (bicyclic) bond motifs is 1. The molecule has 4 aromatic rings. The van der Waals surface area contributed by atoms with Gasteiger partial charge in [0.2, 0.25) is 5.91 Å². The third-order valence-electron chi connectivity index (χ3n) is 5.79. The number of benzene rings is 3. The van der Waals surface area contributed by atoms with Crippen LogP contribution in [0.5, 0.6) is 5.75 Å². The molecule has 168 valence electrons. The van der Waals surface area contributed by atoms with Crippen molar-refractivity contribution in [3.8, 4) is 11.4 Å². The van der Waals surface area contributed by atoms with E-state index in [2.05, 4.69) is 0 Å². The lowest BCUT2D eigenvalue weighted by molar-refractivity contribution is -0.133. The topological polar surface area (TPSA) is 64.4 Å². The van der Waals surface area contributed by atoms with Crippen molar-refractivity contribution in [2.75, 3.05) is 7.11 Å². The number of carbonyl (C=O) groups is 1. The van der Waals surface area contributed by atoms with Crippen LogP contribution in [-0.4, -0.2) is 27.5 Å². The molecule has 0 N–H and O–H groups in total. The molecule has 1 amide bonds. The number of nitrogens with zero attached hydrogens (tertiary/aromatic N) is 3. The largest absolute Gasteiger partial charge is 0.497 e. The van der Waals surface area contributed by atoms with E-state index in [4.69, 9.17) is 9.72 Å². The van der Waals surface area contributed by atoms with E-state index in [1.54, 1.807) is 22.6 Å². The number of methoxy groups -OCH3 is 1. The third kappa shape index (κ3) is 4.51. The van der Waals surface area contributed by atoms with Gasteiger partial charge in [0.15, 0.2) is 0 Å². The van der Waals surface area contributed by atoms with Crippen molar-refractivity contribution in [3.05, 3.63) is 101 Å². The highest BCUT2D eigenvalue weighted by Crippen LogP contribution is 2.26. The Balaban J connectivity index is 1.89. The van der Waals surface area contributed by atoms with Crippen LogP contribution in [0.1, 0.15) is 37.7 Å². The van der Waals surface area contributed by atoms with E-state index in [1.165, 1.54) is 0 Å². The third-order valence-corrected chi connectivity index (χ3v) is 5.79. The average molecular weight is 442 g/mol. The Morgan fingerprint density at radius 1 is 1.00 bits per heavy atom. The van der Waals surface area contributed by atoms with Crippen molar-refractivity contribution in [3.63, 3.8) is 0 Å². The molecule has 6 heteroatoms. The molecular weight excluding hydrogens is 414 g/mol. The van der Waals surface area contributed by atoms with Crippen molar-refractivity contribution < 1.29 is 9.53 Å². The van der Waals surface area contributed by atoms with E-state index >= 15 is 0 Å². The van der Waals surface area contributed by atoms with Gasteiger partial charge in [0.25, 0.3) is 5.56 Å². The van der Waals surface area contributed by atoms with Crippen LogP contribution in [0.3, 0.4) is 0 Å². The van der Waals surface area contributed by atoms with Crippen LogP contribution in [0, 0.1) is 0 Å². The lowest BCUT2D eigenvalue weighted by Crippen LogP contribution is -2.36. The Morgan fingerprint density at radius 2 is 1.67 bits per heavy atom. The molecule has 1 atom stereocenters. The van der Waals surface area contributed by atoms with Gasteiger partial charge in [-0.1, -0.05) is 49.4 Å². The van der Waals surface area contributed by atoms with E-state index in [0.717, 1.165) is 5.56 Å². The first kappa shape index (κ1) is 22.3. The minimum atomic E-state index is -0.433. The molecular formula is C27H27N3O3. The molecule has 0 saturated carbocycles. The van der Waals surface area contributed by atoms with Crippen LogP contribution in [-0.2, 0) is 11.3 Å². The van der Waals surface area contributed by atoms with Crippen LogP contribution in [0.25, 0.3) is 16.6 Å². The van der Waals surface area contributed by atoms with Gasteiger partial charge in [-0.15, -0.1) is 0 Å². The summed E-state index contributed by atoms with van der Waals surface area (Å²) in [5.74, 6) is 1.21. The van der Waals surface area contributed by atoms with Gasteiger partial charge in [-0.3, -0.25) is 14.2 Å². The molecule has 1 aromatic heterocycles. The average Bonchev–Trinajstić information content (AvgIpc) is 2.87. The van der Waals surface area contributed by atoms with E-state index in [-0.39, 0.29) is 11.5 Å². The summed E-state index contributed by atoms with van der Waals surface area (Å²) in [5.41, 5.74) is 2.13. The van der Waals surface area contributed by atoms with Crippen LogP contribution >= 0.6 is 0 Å². The molecule has 0 saturated heterocycles. The zero-order valence-electron chi connectivity index (χ0n) is 19.1. The Kier molecular flexibility index (Phi) is 6.54. The summed E-state index contributed by atoms with van der Waals surface area (Å²) >= 11 is 0. The Bertz CT molecular complexity index is 1310. The Labute approximate surface area is 193 Å². The summed E-state index contributed by atoms with van der Waals surface area (Å²) in [6.45, 7) is 4.20. The summed E-state index contributed by atoms with van der Waals surface area (Å²) in [6, 6.07) is 24.0. The quantitative estimate of drug-likeness (QED) is 0.409. The van der Waals surface area contributed by atoms with Crippen LogP contribution in [0.2, 0.25) is 0 Å². The maximum absolute atomic E-state index is 13.6. The number of rotatable bonds is 7. The smallest absolute Gasteiger partial charge is 0.266 e. The Hall–Kier alpha value is -3.93. The zero-order valence-corrected chi connectivity index (χ0v) is 19.1. The molecule has 6 nitrogen and oxygen atoms in total. The first-order valence-electron chi connectivity index (χ1n) is 11.0. The van der Waals surface area contributed by atoms with E-state index in [0.29, 0.717) is 41.1 Å². The normalized spacial score (nSPS) is 11.8. The summed E-state index contributed by atoms with van der Waals surface area (Å²) < 4.78 is 6.88. The second-order valence-electron chi connectivity index (χ2n) is 7.86. The van der Waals surface area contributed by atoms with E-state index in [9.17, 15) is 9.59 Å². The summed E-state index contributed by atoms with van der Waals surface area (Å²) in [6.07, 6.45) is 0.359. The van der Waals surface area contributed by atoms with E-state index in [1.807, 2.05) is 86.6 Å². The fourth-order valence-electron chi connectivity index (χ4n) is 3.97. The Morgan fingerprint density at radius 3 is 2.33 bits per heavy atom. The highest BCUT2D eigenvalue weighted by atomic mass is 16.5. The second kappa shape index (κ2) is 9.69. The number of carbonyl (C=O) groups excluding carboxylic acids is 1. The summed E-state index contributed by atoms with van der Waals surface area (Å²) in [4.78, 5) is 33.3. The fraction of sp³-hybridized carbons (Fsp3) is 0.222. The number of aromatic nitrogens is 2. The first-order chi connectivity index (χ1) is 16.0. The SMILES string of the molecule is CCC(=O)N(Cc1ccccc1)C(C)c1nc2ccccc2c(=O)n1-c1ccc(OC)cc1. The van der Waals surface area contributed by atoms with Gasteiger partial charge >= 0.3 is 0 Å². The van der Waals surface area contributed by atoms with Gasteiger partial charge in [0.05, 0.1) is 29.7 Å². The minimum Gasteiger partial charge on any atom is -0.497 e. The van der Waals surface area contributed by atoms with Crippen LogP contribution in [0.4, 0.5) is 0 Å². The molecule has 4 rings (SSSR count). The highest BCUT2D eigenvalue weighted by Gasteiger charge is 2.26. The van der Waals surface area contributed by atoms with Gasteiger partial charge in [0.1, 0.15) is 11.6 Å². The molecule has 1 unspecified atom stereocenters. The number of para-hydroxylation sites is 1. The van der Waals surface area contributed by atoms with Crippen LogP contribution in [0.15, 0.2) is 83.7 Å². The highest BCUT2D eigenvalue weighted by molar-refractivity contribution is 5.79. The summed E-state index contributed by atoms with van der Waals surface area (Å²) in [7, 11) is 1.60. The van der Waals surface area contributed by atoms with Gasteiger partial charge in [-0.05, 0) is 48.9 Å². The molecule has 0 aliphatic heterocycles. The predicted molar refractivity (Wildman–Crippen MR) is 130 cm³/mol. The monoisotopic (exact) mass is 441 g/mol. The lowest BCUT2D eigenvalue weighted by atomic mass is 10.1. The van der Waals surface area contributed by atoms with Gasteiger partial charge in [-0.2, -0.15) is 0 Å². The summed E-state index contributed by atoms with van der Waals surface area (Å²) in [5, 5.41) is 0.528. The molecule has 3 aromatic carbocycles. The lowest BCUT2D eigenvalue weighted by Gasteiger charge is -2.30.